The fraction of sp³-hybridized carbons (Fsp3) is 0.538. The number of halogens is 4. The first-order valence-corrected chi connectivity index (χ1v) is 8.32. The van der Waals surface area contributed by atoms with Crippen LogP contribution in [0.1, 0.15) is 32.3 Å². The van der Waals surface area contributed by atoms with E-state index in [0.717, 1.165) is 12.8 Å². The first kappa shape index (κ1) is 17.1. The van der Waals surface area contributed by atoms with Crippen molar-refractivity contribution in [2.45, 2.75) is 32.7 Å². The van der Waals surface area contributed by atoms with Gasteiger partial charge >= 0.3 is 9.28 Å². The molecule has 0 unspecified atom stereocenters. The molecule has 1 aromatic rings. The molecule has 0 fully saturated rings. The summed E-state index contributed by atoms with van der Waals surface area (Å²) in [6.07, 6.45) is 1.52. The zero-order chi connectivity index (χ0) is 15.1. The molecule has 0 bridgehead atoms. The van der Waals surface area contributed by atoms with E-state index in [1.807, 2.05) is 13.8 Å². The maximum absolute atomic E-state index is 13.6. The van der Waals surface area contributed by atoms with Gasteiger partial charge in [-0.3, -0.25) is 0 Å². The van der Waals surface area contributed by atoms with Crippen LogP contribution in [0.5, 0.6) is 0 Å². The van der Waals surface area contributed by atoms with Gasteiger partial charge in [0.1, 0.15) is 0 Å². The average molecular weight is 310 g/mol. The molecular formula is C13H18F4O2Si. The number of rotatable bonds is 8. The molecule has 0 heterocycles. The van der Waals surface area contributed by atoms with E-state index in [4.69, 9.17) is 8.85 Å². The molecule has 0 aliphatic carbocycles. The van der Waals surface area contributed by atoms with Gasteiger partial charge < -0.3 is 8.85 Å². The van der Waals surface area contributed by atoms with Crippen molar-refractivity contribution in [2.75, 3.05) is 13.2 Å². The minimum absolute atomic E-state index is 0.0417. The summed E-state index contributed by atoms with van der Waals surface area (Å²) < 4.78 is 63.7. The van der Waals surface area contributed by atoms with Gasteiger partial charge in [0.25, 0.3) is 0 Å². The predicted molar refractivity (Wildman–Crippen MR) is 69.6 cm³/mol. The van der Waals surface area contributed by atoms with E-state index in [1.54, 1.807) is 0 Å². The first-order chi connectivity index (χ1) is 9.51. The highest BCUT2D eigenvalue weighted by Crippen LogP contribution is 2.20. The lowest BCUT2D eigenvalue weighted by Gasteiger charge is -2.17. The predicted octanol–water partition coefficient (Wildman–Crippen LogP) is 3.40. The van der Waals surface area contributed by atoms with Gasteiger partial charge in [0.05, 0.1) is 0 Å². The second-order valence-corrected chi connectivity index (χ2v) is 6.27. The SMILES string of the molecule is CCCO[SiH](Cc1cc(F)c(F)c(F)c1F)OCCC. The van der Waals surface area contributed by atoms with Crippen LogP contribution in [0.25, 0.3) is 0 Å². The van der Waals surface area contributed by atoms with Gasteiger partial charge in [-0.05, 0) is 24.5 Å². The fourth-order valence-electron chi connectivity index (χ4n) is 1.61. The van der Waals surface area contributed by atoms with E-state index >= 15 is 0 Å². The quantitative estimate of drug-likeness (QED) is 0.317. The molecule has 0 aromatic heterocycles. The molecule has 0 aliphatic heterocycles. The van der Waals surface area contributed by atoms with Crippen molar-refractivity contribution >= 4 is 9.28 Å². The third-order valence-corrected chi connectivity index (χ3v) is 4.57. The summed E-state index contributed by atoms with van der Waals surface area (Å²) in [4.78, 5) is 0. The van der Waals surface area contributed by atoms with Crippen LogP contribution in [0.2, 0.25) is 0 Å². The molecule has 20 heavy (non-hydrogen) atoms. The van der Waals surface area contributed by atoms with Crippen molar-refractivity contribution in [3.8, 4) is 0 Å². The topological polar surface area (TPSA) is 18.5 Å². The summed E-state index contributed by atoms with van der Waals surface area (Å²) in [5.74, 6) is -6.37. The van der Waals surface area contributed by atoms with Crippen LogP contribution in [0, 0.1) is 23.3 Å². The molecule has 114 valence electrons. The molecule has 0 spiro atoms. The van der Waals surface area contributed by atoms with Crippen LogP contribution in [0.4, 0.5) is 17.6 Å². The van der Waals surface area contributed by atoms with Gasteiger partial charge in [0.2, 0.25) is 0 Å². The van der Waals surface area contributed by atoms with E-state index in [0.29, 0.717) is 19.3 Å². The Balaban J connectivity index is 2.86. The molecule has 2 nitrogen and oxygen atoms in total. The summed E-state index contributed by atoms with van der Waals surface area (Å²) in [5.41, 5.74) is -0.245. The summed E-state index contributed by atoms with van der Waals surface area (Å²) in [6.45, 7) is 4.69. The standard InChI is InChI=1S/C13H18F4O2Si/c1-3-5-18-20(19-6-4-2)8-9-7-10(14)12(16)13(17)11(9)15/h7,20H,3-6,8H2,1-2H3. The summed E-state index contributed by atoms with van der Waals surface area (Å²) in [5, 5.41) is 0. The molecule has 0 saturated heterocycles. The Morgan fingerprint density at radius 1 is 0.900 bits per heavy atom. The lowest BCUT2D eigenvalue weighted by molar-refractivity contribution is 0.195. The highest BCUT2D eigenvalue weighted by molar-refractivity contribution is 6.43. The van der Waals surface area contributed by atoms with Crippen LogP contribution >= 0.6 is 0 Å². The second-order valence-electron chi connectivity index (χ2n) is 4.33. The van der Waals surface area contributed by atoms with Crippen molar-refractivity contribution in [2.24, 2.45) is 0 Å². The Kier molecular flexibility index (Phi) is 7.18. The maximum Gasteiger partial charge on any atom is 0.326 e. The largest absolute Gasteiger partial charge is 0.396 e. The Morgan fingerprint density at radius 2 is 1.45 bits per heavy atom. The van der Waals surface area contributed by atoms with Crippen LogP contribution in [0.15, 0.2) is 6.07 Å². The van der Waals surface area contributed by atoms with Crippen LogP contribution in [-0.4, -0.2) is 22.5 Å². The van der Waals surface area contributed by atoms with Crippen molar-refractivity contribution in [1.29, 1.82) is 0 Å². The van der Waals surface area contributed by atoms with Gasteiger partial charge in [-0.15, -0.1) is 0 Å². The minimum Gasteiger partial charge on any atom is -0.396 e. The van der Waals surface area contributed by atoms with Crippen molar-refractivity contribution in [3.63, 3.8) is 0 Å². The molecule has 0 radical (unpaired) electrons. The van der Waals surface area contributed by atoms with Crippen LogP contribution in [0.3, 0.4) is 0 Å². The van der Waals surface area contributed by atoms with E-state index in [2.05, 4.69) is 0 Å². The monoisotopic (exact) mass is 310 g/mol. The van der Waals surface area contributed by atoms with Gasteiger partial charge in [-0.2, -0.15) is 0 Å². The smallest absolute Gasteiger partial charge is 0.326 e. The highest BCUT2D eigenvalue weighted by Gasteiger charge is 2.23. The van der Waals surface area contributed by atoms with Crippen molar-refractivity contribution in [3.05, 3.63) is 34.9 Å². The van der Waals surface area contributed by atoms with E-state index in [1.165, 1.54) is 0 Å². The third kappa shape index (κ3) is 4.57. The molecular weight excluding hydrogens is 292 g/mol. The molecule has 0 aliphatic rings. The zero-order valence-electron chi connectivity index (χ0n) is 11.5. The zero-order valence-corrected chi connectivity index (χ0v) is 12.7. The van der Waals surface area contributed by atoms with Gasteiger partial charge in [-0.1, -0.05) is 13.8 Å². The first-order valence-electron chi connectivity index (χ1n) is 6.56. The fourth-order valence-corrected chi connectivity index (χ4v) is 3.60. The Bertz CT molecular complexity index is 435. The highest BCUT2D eigenvalue weighted by atomic mass is 28.3. The Morgan fingerprint density at radius 3 is 1.95 bits per heavy atom. The second kappa shape index (κ2) is 8.38. The van der Waals surface area contributed by atoms with Crippen LogP contribution < -0.4 is 0 Å². The summed E-state index contributed by atoms with van der Waals surface area (Å²) >= 11 is 0. The maximum atomic E-state index is 13.6. The van der Waals surface area contributed by atoms with Crippen molar-refractivity contribution in [1.82, 2.24) is 0 Å². The van der Waals surface area contributed by atoms with Crippen LogP contribution in [-0.2, 0) is 14.9 Å². The molecule has 1 aromatic carbocycles. The third-order valence-electron chi connectivity index (χ3n) is 2.58. The minimum atomic E-state index is -2.28. The van der Waals surface area contributed by atoms with Gasteiger partial charge in [0, 0.05) is 19.3 Å². The molecule has 0 amide bonds. The Labute approximate surface area is 117 Å². The number of benzene rings is 1. The molecule has 7 heteroatoms. The average Bonchev–Trinajstić information content (AvgIpc) is 2.45. The molecule has 0 saturated carbocycles. The van der Waals surface area contributed by atoms with Gasteiger partial charge in [0.15, 0.2) is 23.3 Å². The molecule has 0 N–H and O–H groups in total. The lowest BCUT2D eigenvalue weighted by Crippen LogP contribution is -2.28. The molecule has 0 atom stereocenters. The number of hydrogen-bond acceptors (Lipinski definition) is 2. The summed E-state index contributed by atoms with van der Waals surface area (Å²) in [7, 11) is -2.28. The van der Waals surface area contributed by atoms with Crippen molar-refractivity contribution < 1.29 is 26.4 Å². The summed E-state index contributed by atoms with van der Waals surface area (Å²) in [6, 6.07) is 0.623. The lowest BCUT2D eigenvalue weighted by atomic mass is 10.2. The normalized spacial score (nSPS) is 11.3. The van der Waals surface area contributed by atoms with E-state index < -0.39 is 32.6 Å². The van der Waals surface area contributed by atoms with E-state index in [9.17, 15) is 17.6 Å². The van der Waals surface area contributed by atoms with Gasteiger partial charge in [-0.25, -0.2) is 17.6 Å². The molecule has 1 rings (SSSR count). The Hall–Kier alpha value is -0.923. The van der Waals surface area contributed by atoms with E-state index in [-0.39, 0.29) is 11.6 Å². The number of hydrogen-bond donors (Lipinski definition) is 0.